The number of aromatic hydroxyl groups is 1. The number of methoxy groups -OCH3 is 2. The van der Waals surface area contributed by atoms with Gasteiger partial charge in [0, 0.05) is 35.2 Å². The fourth-order valence-electron chi connectivity index (χ4n) is 6.00. The number of dihydropyridines is 1. The molecule has 1 aliphatic heterocycles. The Labute approximate surface area is 231 Å². The van der Waals surface area contributed by atoms with E-state index in [4.69, 9.17) is 14.2 Å². The first-order valence-electron chi connectivity index (χ1n) is 13.0. The standard InChI is InChI=1S/C30H32BrNO6/c1-16-26(30(35)38-19-8-4-5-9-19)27(18-12-21(31)29(34)25(15-18)37-3)28-22(32-16)13-17(14-23(28)33)20-10-6-7-11-24(20)36-2/h6-7,10-12,15,17,19,27,32,34H,4-5,8-9,13-14H2,1-3H3/t17-,27-/m0/s1. The van der Waals surface area contributed by atoms with Gasteiger partial charge in [0.2, 0.25) is 0 Å². The SMILES string of the molecule is COc1ccccc1[C@@H]1CC(=O)C2=C(C1)NC(C)=C(C(=O)OC1CCCC1)[C@@H]2c1cc(Br)c(O)c(OC)c1. The first-order valence-corrected chi connectivity index (χ1v) is 13.8. The summed E-state index contributed by atoms with van der Waals surface area (Å²) in [5.41, 5.74) is 4.07. The van der Waals surface area contributed by atoms with Crippen LogP contribution in [0.15, 0.2) is 63.4 Å². The Hall–Kier alpha value is -3.26. The normalized spacial score (nSPS) is 21.7. The number of allylic oxidation sites excluding steroid dienone is 3. The number of hydrogen-bond acceptors (Lipinski definition) is 7. The van der Waals surface area contributed by atoms with E-state index in [1.165, 1.54) is 7.11 Å². The topological polar surface area (TPSA) is 94.1 Å². The number of carbonyl (C=O) groups is 2. The number of phenols is 1. The van der Waals surface area contributed by atoms with Crippen molar-refractivity contribution in [2.24, 2.45) is 0 Å². The van der Waals surface area contributed by atoms with Gasteiger partial charge < -0.3 is 24.6 Å². The Morgan fingerprint density at radius 1 is 1.05 bits per heavy atom. The van der Waals surface area contributed by atoms with Gasteiger partial charge in [-0.1, -0.05) is 18.2 Å². The molecule has 1 saturated carbocycles. The van der Waals surface area contributed by atoms with Gasteiger partial charge in [-0.3, -0.25) is 4.79 Å². The second-order valence-corrected chi connectivity index (χ2v) is 11.0. The second kappa shape index (κ2) is 10.8. The molecule has 0 aromatic heterocycles. The minimum Gasteiger partial charge on any atom is -0.503 e. The summed E-state index contributed by atoms with van der Waals surface area (Å²) in [4.78, 5) is 27.6. The molecule has 0 radical (unpaired) electrons. The van der Waals surface area contributed by atoms with Gasteiger partial charge in [0.15, 0.2) is 17.3 Å². The Kier molecular flexibility index (Phi) is 7.52. The summed E-state index contributed by atoms with van der Waals surface area (Å²) in [6.07, 6.45) is 4.55. The van der Waals surface area contributed by atoms with Gasteiger partial charge in [0.1, 0.15) is 11.9 Å². The van der Waals surface area contributed by atoms with Gasteiger partial charge in [-0.05, 0) is 84.3 Å². The summed E-state index contributed by atoms with van der Waals surface area (Å²) in [6, 6.07) is 11.2. The number of rotatable bonds is 6. The summed E-state index contributed by atoms with van der Waals surface area (Å²) in [5, 5.41) is 13.9. The summed E-state index contributed by atoms with van der Waals surface area (Å²) >= 11 is 3.41. The molecule has 7 nitrogen and oxygen atoms in total. The predicted octanol–water partition coefficient (Wildman–Crippen LogP) is 6.02. The molecular weight excluding hydrogens is 550 g/mol. The molecule has 0 saturated heterocycles. The van der Waals surface area contributed by atoms with E-state index in [2.05, 4.69) is 21.2 Å². The molecule has 0 bridgehead atoms. The van der Waals surface area contributed by atoms with Crippen molar-refractivity contribution < 1.29 is 28.9 Å². The molecule has 3 aliphatic rings. The Balaban J connectivity index is 1.60. The molecular formula is C30H32BrNO6. The van der Waals surface area contributed by atoms with Gasteiger partial charge in [-0.2, -0.15) is 0 Å². The minimum atomic E-state index is -0.655. The average Bonchev–Trinajstić information content (AvgIpc) is 3.42. The molecule has 8 heteroatoms. The van der Waals surface area contributed by atoms with Crippen molar-refractivity contribution in [2.75, 3.05) is 14.2 Å². The zero-order valence-corrected chi connectivity index (χ0v) is 23.4. The molecule has 0 amide bonds. The molecule has 5 rings (SSSR count). The lowest BCUT2D eigenvalue weighted by atomic mass is 9.71. The van der Waals surface area contributed by atoms with Crippen molar-refractivity contribution in [2.45, 2.75) is 63.4 Å². The van der Waals surface area contributed by atoms with Gasteiger partial charge >= 0.3 is 5.97 Å². The number of halogens is 1. The van der Waals surface area contributed by atoms with E-state index in [9.17, 15) is 14.7 Å². The minimum absolute atomic E-state index is 0.0403. The van der Waals surface area contributed by atoms with E-state index in [1.807, 2.05) is 31.2 Å². The predicted molar refractivity (Wildman–Crippen MR) is 146 cm³/mol. The van der Waals surface area contributed by atoms with E-state index >= 15 is 0 Å². The average molecular weight is 582 g/mol. The van der Waals surface area contributed by atoms with Crippen molar-refractivity contribution in [1.29, 1.82) is 0 Å². The van der Waals surface area contributed by atoms with Crippen LogP contribution in [0.2, 0.25) is 0 Å². The number of ketones is 1. The molecule has 0 spiro atoms. The molecule has 2 aromatic carbocycles. The third-order valence-corrected chi connectivity index (χ3v) is 8.41. The summed E-state index contributed by atoms with van der Waals surface area (Å²) in [7, 11) is 3.10. The number of Topliss-reactive ketones (excluding diaryl/α,β-unsaturated/α-hetero) is 1. The van der Waals surface area contributed by atoms with E-state index in [-0.39, 0.29) is 35.7 Å². The van der Waals surface area contributed by atoms with Crippen molar-refractivity contribution in [3.8, 4) is 17.2 Å². The third kappa shape index (κ3) is 4.82. The Morgan fingerprint density at radius 2 is 1.76 bits per heavy atom. The zero-order chi connectivity index (χ0) is 27.0. The zero-order valence-electron chi connectivity index (χ0n) is 21.8. The van der Waals surface area contributed by atoms with Gasteiger partial charge in [0.25, 0.3) is 0 Å². The fourth-order valence-corrected chi connectivity index (χ4v) is 6.46. The lowest BCUT2D eigenvalue weighted by Gasteiger charge is -2.37. The lowest BCUT2D eigenvalue weighted by molar-refractivity contribution is -0.144. The van der Waals surface area contributed by atoms with Crippen LogP contribution in [0, 0.1) is 0 Å². The van der Waals surface area contributed by atoms with Crippen LogP contribution in [0.5, 0.6) is 17.2 Å². The maximum Gasteiger partial charge on any atom is 0.337 e. The number of benzene rings is 2. The van der Waals surface area contributed by atoms with Crippen LogP contribution >= 0.6 is 15.9 Å². The highest BCUT2D eigenvalue weighted by Gasteiger charge is 2.42. The van der Waals surface area contributed by atoms with Crippen molar-refractivity contribution in [3.63, 3.8) is 0 Å². The van der Waals surface area contributed by atoms with Crippen molar-refractivity contribution in [3.05, 3.63) is 74.5 Å². The maximum absolute atomic E-state index is 13.9. The van der Waals surface area contributed by atoms with E-state index in [0.717, 1.165) is 42.7 Å². The highest BCUT2D eigenvalue weighted by atomic mass is 79.9. The third-order valence-electron chi connectivity index (χ3n) is 7.81. The number of carbonyl (C=O) groups excluding carboxylic acids is 2. The van der Waals surface area contributed by atoms with Crippen LogP contribution in [-0.2, 0) is 14.3 Å². The van der Waals surface area contributed by atoms with Gasteiger partial charge in [-0.25, -0.2) is 4.79 Å². The maximum atomic E-state index is 13.9. The quantitative estimate of drug-likeness (QED) is 0.403. The number of ether oxygens (including phenoxy) is 3. The first kappa shape index (κ1) is 26.4. The molecule has 2 aromatic rings. The van der Waals surface area contributed by atoms with Crippen LogP contribution in [0.4, 0.5) is 0 Å². The number of esters is 1. The monoisotopic (exact) mass is 581 g/mol. The molecule has 0 unspecified atom stereocenters. The van der Waals surface area contributed by atoms with Crippen LogP contribution < -0.4 is 14.8 Å². The molecule has 2 atom stereocenters. The van der Waals surface area contributed by atoms with Crippen LogP contribution in [0.25, 0.3) is 0 Å². The highest BCUT2D eigenvalue weighted by Crippen LogP contribution is 2.49. The fraction of sp³-hybridized carbons (Fsp3) is 0.400. The van der Waals surface area contributed by atoms with E-state index in [1.54, 1.807) is 19.2 Å². The summed E-state index contributed by atoms with van der Waals surface area (Å²) in [5.74, 6) is -0.207. The largest absolute Gasteiger partial charge is 0.503 e. The first-order chi connectivity index (χ1) is 18.3. The second-order valence-electron chi connectivity index (χ2n) is 10.1. The molecule has 1 heterocycles. The van der Waals surface area contributed by atoms with Gasteiger partial charge in [0.05, 0.1) is 24.3 Å². The molecule has 2 aliphatic carbocycles. The molecule has 1 fully saturated rings. The number of phenolic OH excluding ortho intramolecular Hbond substituents is 1. The summed E-state index contributed by atoms with van der Waals surface area (Å²) in [6.45, 7) is 1.85. The highest BCUT2D eigenvalue weighted by molar-refractivity contribution is 9.10. The van der Waals surface area contributed by atoms with Crippen molar-refractivity contribution in [1.82, 2.24) is 5.32 Å². The lowest BCUT2D eigenvalue weighted by Crippen LogP contribution is -2.36. The molecule has 38 heavy (non-hydrogen) atoms. The van der Waals surface area contributed by atoms with E-state index in [0.29, 0.717) is 33.3 Å². The number of hydrogen-bond donors (Lipinski definition) is 2. The number of nitrogens with one attached hydrogen (secondary N) is 1. The molecule has 200 valence electrons. The van der Waals surface area contributed by atoms with Crippen LogP contribution in [0.1, 0.15) is 68.4 Å². The van der Waals surface area contributed by atoms with Crippen LogP contribution in [0.3, 0.4) is 0 Å². The number of para-hydroxylation sites is 1. The van der Waals surface area contributed by atoms with Crippen molar-refractivity contribution >= 4 is 27.7 Å². The Morgan fingerprint density at radius 3 is 2.47 bits per heavy atom. The van der Waals surface area contributed by atoms with E-state index < -0.39 is 11.9 Å². The summed E-state index contributed by atoms with van der Waals surface area (Å²) < 4.78 is 17.3. The van der Waals surface area contributed by atoms with Gasteiger partial charge in [-0.15, -0.1) is 0 Å². The Bertz CT molecular complexity index is 1340. The van der Waals surface area contributed by atoms with Crippen LogP contribution in [-0.4, -0.2) is 37.2 Å². The molecule has 2 N–H and O–H groups in total. The smallest absolute Gasteiger partial charge is 0.337 e.